The quantitative estimate of drug-likeness (QED) is 0.379. The third-order valence-corrected chi connectivity index (χ3v) is 3.93. The molecule has 0 aromatic heterocycles. The first-order chi connectivity index (χ1) is 10.6. The van der Waals surface area contributed by atoms with E-state index in [9.17, 15) is 4.79 Å². The zero-order chi connectivity index (χ0) is 15.9. The number of nitrogens with zero attached hydrogens (tertiary/aromatic N) is 2. The van der Waals surface area contributed by atoms with Crippen LogP contribution in [0.2, 0.25) is 0 Å². The van der Waals surface area contributed by atoms with Crippen molar-refractivity contribution in [2.24, 2.45) is 28.3 Å². The van der Waals surface area contributed by atoms with Gasteiger partial charge in [-0.05, 0) is 43.7 Å². The van der Waals surface area contributed by atoms with Gasteiger partial charge in [-0.25, -0.2) is 0 Å². The minimum atomic E-state index is -0.261. The lowest BCUT2D eigenvalue weighted by molar-refractivity contribution is -0.140. The van der Waals surface area contributed by atoms with Crippen LogP contribution in [0.1, 0.15) is 31.2 Å². The van der Waals surface area contributed by atoms with Crippen LogP contribution in [0.15, 0.2) is 29.3 Å². The number of nitriles is 1. The average Bonchev–Trinajstić information content (AvgIpc) is 2.54. The highest BCUT2D eigenvalue weighted by atomic mass is 16.5. The highest BCUT2D eigenvalue weighted by molar-refractivity contribution is 5.76. The van der Waals surface area contributed by atoms with Crippen molar-refractivity contribution >= 4 is 11.9 Å². The van der Waals surface area contributed by atoms with Crippen molar-refractivity contribution in [1.29, 1.82) is 5.26 Å². The summed E-state index contributed by atoms with van der Waals surface area (Å²) in [5.74, 6) is 0.468. The van der Waals surface area contributed by atoms with Gasteiger partial charge >= 0.3 is 5.97 Å². The minimum Gasteiger partial charge on any atom is -0.425 e. The molecule has 1 fully saturated rings. The van der Waals surface area contributed by atoms with E-state index in [4.69, 9.17) is 21.5 Å². The van der Waals surface area contributed by atoms with Crippen molar-refractivity contribution in [3.8, 4) is 11.8 Å². The maximum atomic E-state index is 12.2. The van der Waals surface area contributed by atoms with E-state index in [1.807, 2.05) is 6.07 Å². The molecule has 2 rings (SSSR count). The number of para-hydroxylation sites is 1. The molecule has 0 aliphatic heterocycles. The highest BCUT2D eigenvalue weighted by Crippen LogP contribution is 2.30. The lowest BCUT2D eigenvalue weighted by Crippen LogP contribution is -2.28. The normalized spacial score (nSPS) is 20.7. The smallest absolute Gasteiger partial charge is 0.314 e. The molecule has 1 saturated carbocycles. The second-order valence-electron chi connectivity index (χ2n) is 5.51. The average molecular weight is 300 g/mol. The molecule has 1 aromatic carbocycles. The molecule has 116 valence electrons. The lowest BCUT2D eigenvalue weighted by atomic mass is 9.82. The van der Waals surface area contributed by atoms with Crippen molar-refractivity contribution in [1.82, 2.24) is 0 Å². The van der Waals surface area contributed by atoms with Crippen molar-refractivity contribution in [3.05, 3.63) is 29.8 Å². The zero-order valence-electron chi connectivity index (χ0n) is 12.4. The van der Waals surface area contributed by atoms with Crippen molar-refractivity contribution < 1.29 is 9.53 Å². The third-order valence-electron chi connectivity index (χ3n) is 3.93. The molecule has 1 aromatic rings. The minimum absolute atomic E-state index is 0.106. The Bertz CT molecular complexity index is 594. The summed E-state index contributed by atoms with van der Waals surface area (Å²) < 4.78 is 5.38. The number of carbonyl (C=O) groups excluding carboxylic acids is 1. The number of nitrogens with two attached hydrogens (primary N) is 2. The predicted molar refractivity (Wildman–Crippen MR) is 82.9 cm³/mol. The summed E-state index contributed by atoms with van der Waals surface area (Å²) in [6, 6.07) is 8.78. The van der Waals surface area contributed by atoms with Gasteiger partial charge in [-0.3, -0.25) is 9.79 Å². The van der Waals surface area contributed by atoms with Gasteiger partial charge in [-0.2, -0.15) is 5.26 Å². The molecular weight excluding hydrogens is 280 g/mol. The summed E-state index contributed by atoms with van der Waals surface area (Å²) in [5.41, 5.74) is 11.0. The molecule has 6 nitrogen and oxygen atoms in total. The van der Waals surface area contributed by atoms with Gasteiger partial charge in [0.15, 0.2) is 5.96 Å². The summed E-state index contributed by atoms with van der Waals surface area (Å²) in [7, 11) is 0. The predicted octanol–water partition coefficient (Wildman–Crippen LogP) is 1.54. The molecule has 0 bridgehead atoms. The molecule has 6 heteroatoms. The van der Waals surface area contributed by atoms with Crippen LogP contribution in [-0.4, -0.2) is 18.5 Å². The van der Waals surface area contributed by atoms with E-state index >= 15 is 0 Å². The fraction of sp³-hybridized carbons (Fsp3) is 0.438. The number of ether oxygens (including phenoxy) is 1. The molecule has 0 unspecified atom stereocenters. The van der Waals surface area contributed by atoms with Crippen LogP contribution in [0.25, 0.3) is 0 Å². The number of aliphatic imine (C=N–C) groups is 1. The molecule has 1 aliphatic rings. The second-order valence-corrected chi connectivity index (χ2v) is 5.51. The van der Waals surface area contributed by atoms with E-state index in [0.29, 0.717) is 23.8 Å². The topological polar surface area (TPSA) is 114 Å². The lowest BCUT2D eigenvalue weighted by Gasteiger charge is -2.26. The molecule has 1 aliphatic carbocycles. The fourth-order valence-corrected chi connectivity index (χ4v) is 2.65. The SMILES string of the molecule is N#Cc1ccccc1OC(=O)C1CCC(CN=C(N)N)CC1. The number of hydrogen-bond donors (Lipinski definition) is 2. The van der Waals surface area contributed by atoms with Gasteiger partial charge < -0.3 is 16.2 Å². The van der Waals surface area contributed by atoms with Crippen LogP contribution in [0, 0.1) is 23.2 Å². The van der Waals surface area contributed by atoms with Crippen LogP contribution in [0.4, 0.5) is 0 Å². The maximum absolute atomic E-state index is 12.2. The van der Waals surface area contributed by atoms with E-state index in [1.54, 1.807) is 24.3 Å². The maximum Gasteiger partial charge on any atom is 0.314 e. The molecule has 0 saturated heterocycles. The number of hydrogen-bond acceptors (Lipinski definition) is 4. The molecule has 0 heterocycles. The Morgan fingerprint density at radius 1 is 1.27 bits per heavy atom. The monoisotopic (exact) mass is 300 g/mol. The van der Waals surface area contributed by atoms with E-state index in [1.165, 1.54) is 0 Å². The number of guanidine groups is 1. The van der Waals surface area contributed by atoms with E-state index in [-0.39, 0.29) is 17.8 Å². The first-order valence-corrected chi connectivity index (χ1v) is 7.36. The Kier molecular flexibility index (Phi) is 5.37. The number of esters is 1. The van der Waals surface area contributed by atoms with Crippen LogP contribution < -0.4 is 16.2 Å². The Hall–Kier alpha value is -2.55. The Balaban J connectivity index is 1.88. The molecule has 4 N–H and O–H groups in total. The van der Waals surface area contributed by atoms with E-state index in [2.05, 4.69) is 4.99 Å². The Morgan fingerprint density at radius 2 is 1.95 bits per heavy atom. The van der Waals surface area contributed by atoms with Crippen molar-refractivity contribution in [2.45, 2.75) is 25.7 Å². The Morgan fingerprint density at radius 3 is 2.59 bits per heavy atom. The molecular formula is C16H20N4O2. The number of benzene rings is 1. The summed E-state index contributed by atoms with van der Waals surface area (Å²) in [6.07, 6.45) is 3.32. The second kappa shape index (κ2) is 7.46. The van der Waals surface area contributed by atoms with Gasteiger partial charge in [0.05, 0.1) is 11.5 Å². The van der Waals surface area contributed by atoms with Crippen LogP contribution in [0.5, 0.6) is 5.75 Å². The van der Waals surface area contributed by atoms with Gasteiger partial charge in [0.2, 0.25) is 0 Å². The molecule has 0 atom stereocenters. The summed E-state index contributed by atoms with van der Waals surface area (Å²) in [6.45, 7) is 0.612. The molecule has 0 spiro atoms. The molecule has 22 heavy (non-hydrogen) atoms. The third kappa shape index (κ3) is 4.22. The fourth-order valence-electron chi connectivity index (χ4n) is 2.65. The van der Waals surface area contributed by atoms with Gasteiger partial charge in [-0.15, -0.1) is 0 Å². The van der Waals surface area contributed by atoms with Crippen LogP contribution in [0.3, 0.4) is 0 Å². The first-order valence-electron chi connectivity index (χ1n) is 7.36. The summed E-state index contributed by atoms with van der Waals surface area (Å²) >= 11 is 0. The molecule has 0 radical (unpaired) electrons. The van der Waals surface area contributed by atoms with E-state index < -0.39 is 0 Å². The molecule has 0 amide bonds. The van der Waals surface area contributed by atoms with Gasteiger partial charge in [-0.1, -0.05) is 12.1 Å². The van der Waals surface area contributed by atoms with Gasteiger partial charge in [0.1, 0.15) is 11.8 Å². The summed E-state index contributed by atoms with van der Waals surface area (Å²) in [5, 5.41) is 9.01. The van der Waals surface area contributed by atoms with Crippen molar-refractivity contribution in [3.63, 3.8) is 0 Å². The van der Waals surface area contributed by atoms with Crippen molar-refractivity contribution in [2.75, 3.05) is 6.54 Å². The van der Waals surface area contributed by atoms with Crippen LogP contribution in [-0.2, 0) is 4.79 Å². The van der Waals surface area contributed by atoms with E-state index in [0.717, 1.165) is 25.7 Å². The highest BCUT2D eigenvalue weighted by Gasteiger charge is 2.28. The van der Waals surface area contributed by atoms with Gasteiger partial charge in [0, 0.05) is 6.54 Å². The number of carbonyl (C=O) groups is 1. The standard InChI is InChI=1S/C16H20N4O2/c17-9-13-3-1-2-4-14(13)22-15(21)12-7-5-11(6-8-12)10-20-16(18)19/h1-4,11-12H,5-8,10H2,(H4,18,19,20). The number of rotatable bonds is 4. The zero-order valence-corrected chi connectivity index (χ0v) is 12.4. The van der Waals surface area contributed by atoms with Gasteiger partial charge in [0.25, 0.3) is 0 Å². The van der Waals surface area contributed by atoms with Crippen LogP contribution >= 0.6 is 0 Å². The first kappa shape index (κ1) is 15.8. The summed E-state index contributed by atoms with van der Waals surface area (Å²) in [4.78, 5) is 16.2. The Labute approximate surface area is 129 Å². The largest absolute Gasteiger partial charge is 0.425 e.